The normalized spacial score (nSPS) is 10.6. The average molecular weight is 345 g/mol. The molecule has 2 aromatic carbocycles. The Morgan fingerprint density at radius 3 is 2.44 bits per heavy atom. The van der Waals surface area contributed by atoms with Crippen LogP contribution in [0.1, 0.15) is 15.9 Å². The van der Waals surface area contributed by atoms with E-state index >= 15 is 0 Å². The van der Waals surface area contributed by atoms with E-state index in [1.165, 1.54) is 6.07 Å². The molecule has 0 aliphatic rings. The molecule has 1 amide bonds. The maximum atomic E-state index is 11.9. The summed E-state index contributed by atoms with van der Waals surface area (Å²) >= 11 is 0. The molecule has 2 aromatic rings. The van der Waals surface area contributed by atoms with E-state index in [2.05, 4.69) is 10.5 Å². The fourth-order valence-corrected chi connectivity index (χ4v) is 1.86. The first-order valence-corrected chi connectivity index (χ1v) is 6.63. The smallest absolute Gasteiger partial charge is 0.272 e. The lowest BCUT2D eigenvalue weighted by molar-refractivity contribution is -0.385. The minimum Gasteiger partial charge on any atom is -0.507 e. The number of carbonyl (C=O) groups excluding carboxylic acids is 1. The van der Waals surface area contributed by atoms with Crippen molar-refractivity contribution < 1.29 is 19.7 Å². The van der Waals surface area contributed by atoms with Gasteiger partial charge in [-0.2, -0.15) is 5.10 Å². The van der Waals surface area contributed by atoms with E-state index in [9.17, 15) is 30.1 Å². The molecule has 4 N–H and O–H groups in total. The summed E-state index contributed by atoms with van der Waals surface area (Å²) in [5.74, 6) is -1.06. The van der Waals surface area contributed by atoms with Gasteiger partial charge in [-0.1, -0.05) is 0 Å². The van der Waals surface area contributed by atoms with Gasteiger partial charge in [0.05, 0.1) is 21.6 Å². The first-order chi connectivity index (χ1) is 11.8. The van der Waals surface area contributed by atoms with Gasteiger partial charge in [-0.05, 0) is 12.1 Å². The molecule has 0 atom stereocenters. The number of aromatic hydroxyl groups is 1. The van der Waals surface area contributed by atoms with Crippen molar-refractivity contribution >= 4 is 29.2 Å². The van der Waals surface area contributed by atoms with Crippen LogP contribution in [0.15, 0.2) is 41.5 Å². The summed E-state index contributed by atoms with van der Waals surface area (Å²) in [6.45, 7) is 0. The van der Waals surface area contributed by atoms with Crippen LogP contribution in [0.3, 0.4) is 0 Å². The SMILES string of the molecule is Nc1cc(C(=O)N/N=C/c2cc([N+](=O)[O-])ccc2O)cc([N+](=O)[O-])c1. The van der Waals surface area contributed by atoms with E-state index in [1.807, 2.05) is 0 Å². The second-order valence-electron chi connectivity index (χ2n) is 4.77. The number of non-ortho nitro benzene ring substituents is 2. The molecular formula is C14H11N5O6. The molecule has 0 bridgehead atoms. The Balaban J connectivity index is 2.17. The van der Waals surface area contributed by atoms with Crippen molar-refractivity contribution in [3.63, 3.8) is 0 Å². The third-order valence-corrected chi connectivity index (χ3v) is 3.00. The molecule has 0 aromatic heterocycles. The zero-order valence-electron chi connectivity index (χ0n) is 12.4. The summed E-state index contributed by atoms with van der Waals surface area (Å²) in [7, 11) is 0. The zero-order valence-corrected chi connectivity index (χ0v) is 12.4. The Kier molecular flexibility index (Phi) is 4.88. The Morgan fingerprint density at radius 2 is 1.80 bits per heavy atom. The van der Waals surface area contributed by atoms with Crippen molar-refractivity contribution in [2.75, 3.05) is 5.73 Å². The largest absolute Gasteiger partial charge is 0.507 e. The van der Waals surface area contributed by atoms with E-state index in [1.54, 1.807) is 0 Å². The van der Waals surface area contributed by atoms with Crippen molar-refractivity contribution in [1.82, 2.24) is 5.43 Å². The third kappa shape index (κ3) is 4.25. The number of amides is 1. The Hall–Kier alpha value is -4.02. The summed E-state index contributed by atoms with van der Waals surface area (Å²) in [6, 6.07) is 6.63. The number of anilines is 1. The van der Waals surface area contributed by atoms with Crippen molar-refractivity contribution in [2.45, 2.75) is 0 Å². The lowest BCUT2D eigenvalue weighted by Gasteiger charge is -2.02. The maximum Gasteiger partial charge on any atom is 0.272 e. The summed E-state index contributed by atoms with van der Waals surface area (Å²) in [4.78, 5) is 32.1. The highest BCUT2D eigenvalue weighted by Crippen LogP contribution is 2.21. The van der Waals surface area contributed by atoms with Crippen LogP contribution >= 0.6 is 0 Å². The number of rotatable bonds is 5. The molecule has 0 saturated carbocycles. The fourth-order valence-electron chi connectivity index (χ4n) is 1.86. The van der Waals surface area contributed by atoms with Crippen LogP contribution in [0.25, 0.3) is 0 Å². The van der Waals surface area contributed by atoms with E-state index in [-0.39, 0.29) is 33.9 Å². The highest BCUT2D eigenvalue weighted by Gasteiger charge is 2.13. The molecule has 0 spiro atoms. The number of nitrogens with two attached hydrogens (primary N) is 1. The topological polar surface area (TPSA) is 174 Å². The third-order valence-electron chi connectivity index (χ3n) is 3.00. The summed E-state index contributed by atoms with van der Waals surface area (Å²) in [6.07, 6.45) is 1.00. The second-order valence-corrected chi connectivity index (χ2v) is 4.77. The molecule has 2 rings (SSSR count). The van der Waals surface area contributed by atoms with Crippen LogP contribution in [0.2, 0.25) is 0 Å². The number of nitrogen functional groups attached to an aromatic ring is 1. The number of phenols is 1. The molecule has 0 aliphatic heterocycles. The predicted octanol–water partition coefficient (Wildman–Crippen LogP) is 1.55. The van der Waals surface area contributed by atoms with Crippen LogP contribution < -0.4 is 11.2 Å². The molecule has 11 heteroatoms. The number of carbonyl (C=O) groups is 1. The lowest BCUT2D eigenvalue weighted by atomic mass is 10.1. The molecule has 11 nitrogen and oxygen atoms in total. The molecule has 25 heavy (non-hydrogen) atoms. The van der Waals surface area contributed by atoms with Gasteiger partial charge in [0.15, 0.2) is 0 Å². The number of hydrogen-bond donors (Lipinski definition) is 3. The monoisotopic (exact) mass is 345 g/mol. The molecule has 0 radical (unpaired) electrons. The van der Waals surface area contributed by atoms with E-state index in [4.69, 9.17) is 5.73 Å². The molecule has 128 valence electrons. The quantitative estimate of drug-likeness (QED) is 0.319. The number of benzene rings is 2. The van der Waals surface area contributed by atoms with Gasteiger partial charge in [0.25, 0.3) is 17.3 Å². The standard InChI is InChI=1S/C14H11N5O6/c15-10-3-8(4-12(6-10)19(24)25)14(21)17-16-7-9-5-11(18(22)23)1-2-13(9)20/h1-7,20H,15H2,(H,17,21)/b16-7+. The van der Waals surface area contributed by atoms with Crippen molar-refractivity contribution in [3.05, 3.63) is 67.8 Å². The van der Waals surface area contributed by atoms with Crippen molar-refractivity contribution in [3.8, 4) is 5.75 Å². The van der Waals surface area contributed by atoms with Gasteiger partial charge >= 0.3 is 0 Å². The average Bonchev–Trinajstić information content (AvgIpc) is 2.55. The highest BCUT2D eigenvalue weighted by atomic mass is 16.6. The lowest BCUT2D eigenvalue weighted by Crippen LogP contribution is -2.18. The van der Waals surface area contributed by atoms with Gasteiger partial charge in [-0.15, -0.1) is 0 Å². The number of nitrogens with zero attached hydrogens (tertiary/aromatic N) is 3. The highest BCUT2D eigenvalue weighted by molar-refractivity contribution is 5.96. The Morgan fingerprint density at radius 1 is 1.12 bits per heavy atom. The first-order valence-electron chi connectivity index (χ1n) is 6.63. The zero-order chi connectivity index (χ0) is 18.6. The number of nitrogens with one attached hydrogen (secondary N) is 1. The van der Waals surface area contributed by atoms with Crippen LogP contribution in [-0.4, -0.2) is 27.1 Å². The number of hydrogen-bond acceptors (Lipinski definition) is 8. The minimum atomic E-state index is -0.781. The van der Waals surface area contributed by atoms with Crippen LogP contribution in [0.5, 0.6) is 5.75 Å². The summed E-state index contributed by atoms with van der Waals surface area (Å²) < 4.78 is 0. The maximum absolute atomic E-state index is 11.9. The Labute approximate surface area is 139 Å². The van der Waals surface area contributed by atoms with Gasteiger partial charge in [0, 0.05) is 35.5 Å². The molecule has 0 fully saturated rings. The van der Waals surface area contributed by atoms with E-state index < -0.39 is 15.8 Å². The predicted molar refractivity (Wildman–Crippen MR) is 87.3 cm³/mol. The van der Waals surface area contributed by atoms with Crippen LogP contribution in [-0.2, 0) is 0 Å². The molecular weight excluding hydrogens is 334 g/mol. The van der Waals surface area contributed by atoms with Gasteiger partial charge in [-0.3, -0.25) is 25.0 Å². The summed E-state index contributed by atoms with van der Waals surface area (Å²) in [5.41, 5.74) is 6.91. The Bertz CT molecular complexity index is 895. The van der Waals surface area contributed by atoms with Gasteiger partial charge in [0.1, 0.15) is 5.75 Å². The molecule has 0 unspecified atom stereocenters. The first kappa shape index (κ1) is 17.3. The van der Waals surface area contributed by atoms with Crippen LogP contribution in [0.4, 0.5) is 17.1 Å². The number of nitro benzene ring substituents is 2. The van der Waals surface area contributed by atoms with E-state index in [0.717, 1.165) is 36.5 Å². The summed E-state index contributed by atoms with van der Waals surface area (Å²) in [5, 5.41) is 34.6. The second kappa shape index (κ2) is 7.04. The number of hydrazone groups is 1. The van der Waals surface area contributed by atoms with Gasteiger partial charge in [0.2, 0.25) is 0 Å². The number of phenolic OH excluding ortho intramolecular Hbond substituents is 1. The van der Waals surface area contributed by atoms with Gasteiger partial charge < -0.3 is 10.8 Å². The fraction of sp³-hybridized carbons (Fsp3) is 0. The van der Waals surface area contributed by atoms with Crippen LogP contribution in [0, 0.1) is 20.2 Å². The molecule has 0 aliphatic carbocycles. The molecule has 0 saturated heterocycles. The van der Waals surface area contributed by atoms with Gasteiger partial charge in [-0.25, -0.2) is 5.43 Å². The van der Waals surface area contributed by atoms with E-state index in [0.29, 0.717) is 0 Å². The van der Waals surface area contributed by atoms with Crippen molar-refractivity contribution in [2.24, 2.45) is 5.10 Å². The van der Waals surface area contributed by atoms with Crippen molar-refractivity contribution in [1.29, 1.82) is 0 Å². The minimum absolute atomic E-state index is 0.00746. The molecule has 0 heterocycles. The number of nitro groups is 2.